The Bertz CT molecular complexity index is 1720. The molecule has 0 bridgehead atoms. The van der Waals surface area contributed by atoms with Gasteiger partial charge >= 0.3 is 0 Å². The lowest BCUT2D eigenvalue weighted by molar-refractivity contribution is 0.0666. The van der Waals surface area contributed by atoms with Gasteiger partial charge in [0.05, 0.1) is 6.04 Å². The van der Waals surface area contributed by atoms with Gasteiger partial charge in [0.1, 0.15) is 17.3 Å². The predicted molar refractivity (Wildman–Crippen MR) is 153 cm³/mol. The van der Waals surface area contributed by atoms with Crippen LogP contribution in [0.15, 0.2) is 97.1 Å². The summed E-state index contributed by atoms with van der Waals surface area (Å²) in [6.07, 6.45) is 3.54. The molecule has 7 rings (SSSR count). The average Bonchev–Trinajstić information content (AvgIpc) is 3.39. The number of rotatable bonds is 3. The Balaban J connectivity index is 1.54. The first-order valence-electron chi connectivity index (χ1n) is 13.1. The third kappa shape index (κ3) is 3.28. The lowest BCUT2D eigenvalue weighted by atomic mass is 9.64. The Kier molecular flexibility index (Phi) is 5.45. The molecule has 1 spiro atoms. The molecule has 6 heteroatoms. The van der Waals surface area contributed by atoms with Crippen molar-refractivity contribution < 1.29 is 18.8 Å². The summed E-state index contributed by atoms with van der Waals surface area (Å²) in [5.41, 5.74) is 2.43. The van der Waals surface area contributed by atoms with Crippen LogP contribution in [0, 0.1) is 18.2 Å². The number of hydrogen-bond donors (Lipinski definition) is 0. The van der Waals surface area contributed by atoms with Crippen molar-refractivity contribution in [3.05, 3.63) is 141 Å². The van der Waals surface area contributed by atoms with E-state index in [2.05, 4.69) is 0 Å². The minimum absolute atomic E-state index is 0.219. The highest BCUT2D eigenvalue weighted by Crippen LogP contribution is 2.61. The monoisotopic (exact) mass is 547 g/mol. The van der Waals surface area contributed by atoms with E-state index in [-0.39, 0.29) is 17.3 Å². The second kappa shape index (κ2) is 8.83. The van der Waals surface area contributed by atoms with Gasteiger partial charge in [0.25, 0.3) is 0 Å². The van der Waals surface area contributed by atoms with Crippen LogP contribution >= 0.6 is 11.6 Å². The number of benzene rings is 4. The molecule has 0 N–H and O–H groups in total. The molecule has 0 amide bonds. The summed E-state index contributed by atoms with van der Waals surface area (Å²) < 4.78 is 14.3. The summed E-state index contributed by atoms with van der Waals surface area (Å²) in [6.45, 7) is 1.94. The first-order chi connectivity index (χ1) is 19.3. The van der Waals surface area contributed by atoms with Crippen LogP contribution in [0.1, 0.15) is 53.7 Å². The molecule has 3 aliphatic rings. The number of carbonyl (C=O) groups excluding carboxylic acids is 3. The molecule has 4 nitrogen and oxygen atoms in total. The fourth-order valence-corrected chi connectivity index (χ4v) is 7.01. The van der Waals surface area contributed by atoms with Crippen molar-refractivity contribution in [3.63, 3.8) is 0 Å². The van der Waals surface area contributed by atoms with E-state index < -0.39 is 29.2 Å². The Morgan fingerprint density at radius 2 is 1.52 bits per heavy atom. The third-order valence-electron chi connectivity index (χ3n) is 8.60. The Hall–Kier alpha value is -4.35. The van der Waals surface area contributed by atoms with Crippen LogP contribution in [0.5, 0.6) is 0 Å². The van der Waals surface area contributed by atoms with Crippen LogP contribution in [0.25, 0.3) is 6.08 Å². The van der Waals surface area contributed by atoms with Gasteiger partial charge < -0.3 is 4.90 Å². The van der Waals surface area contributed by atoms with E-state index in [9.17, 15) is 18.8 Å². The highest BCUT2D eigenvalue weighted by atomic mass is 35.5. The highest BCUT2D eigenvalue weighted by molar-refractivity contribution is 6.32. The lowest BCUT2D eigenvalue weighted by Crippen LogP contribution is -2.48. The zero-order valence-corrected chi connectivity index (χ0v) is 22.2. The van der Waals surface area contributed by atoms with Crippen molar-refractivity contribution in [2.45, 2.75) is 24.9 Å². The average molecular weight is 548 g/mol. The second-order valence-electron chi connectivity index (χ2n) is 10.7. The van der Waals surface area contributed by atoms with Crippen LogP contribution in [0.3, 0.4) is 0 Å². The first-order valence-corrected chi connectivity index (χ1v) is 13.5. The molecule has 1 aliphatic carbocycles. The molecule has 3 atom stereocenters. The van der Waals surface area contributed by atoms with E-state index in [1.165, 1.54) is 12.1 Å². The Labute approximate surface area is 235 Å². The van der Waals surface area contributed by atoms with E-state index in [1.54, 1.807) is 78.9 Å². The molecule has 1 saturated heterocycles. The molecule has 40 heavy (non-hydrogen) atoms. The van der Waals surface area contributed by atoms with E-state index >= 15 is 0 Å². The summed E-state index contributed by atoms with van der Waals surface area (Å²) in [4.78, 5) is 45.6. The fraction of sp³-hybridized carbons (Fsp3) is 0.147. The van der Waals surface area contributed by atoms with E-state index in [4.69, 9.17) is 11.6 Å². The van der Waals surface area contributed by atoms with Crippen molar-refractivity contribution in [1.29, 1.82) is 0 Å². The van der Waals surface area contributed by atoms with E-state index in [0.29, 0.717) is 38.5 Å². The zero-order valence-electron chi connectivity index (χ0n) is 21.5. The van der Waals surface area contributed by atoms with Gasteiger partial charge in [-0.05, 0) is 42.8 Å². The maximum absolute atomic E-state index is 14.6. The number of hydrogen-bond acceptors (Lipinski definition) is 4. The van der Waals surface area contributed by atoms with Crippen molar-refractivity contribution in [1.82, 2.24) is 0 Å². The lowest BCUT2D eigenvalue weighted by Gasteiger charge is -2.37. The molecule has 0 unspecified atom stereocenters. The molecule has 4 aromatic carbocycles. The van der Waals surface area contributed by atoms with Crippen LogP contribution in [0.4, 0.5) is 10.1 Å². The van der Waals surface area contributed by atoms with Crippen LogP contribution < -0.4 is 4.90 Å². The number of ketones is 3. The molecule has 4 aromatic rings. The number of anilines is 1. The first kappa shape index (κ1) is 24.7. The summed E-state index contributed by atoms with van der Waals surface area (Å²) in [5, 5.41) is 0.503. The largest absolute Gasteiger partial charge is 0.352 e. The number of carbonyl (C=O) groups is 3. The van der Waals surface area contributed by atoms with Crippen LogP contribution in [-0.4, -0.2) is 29.4 Å². The van der Waals surface area contributed by atoms with Crippen molar-refractivity contribution in [3.8, 4) is 0 Å². The minimum Gasteiger partial charge on any atom is -0.352 e. The van der Waals surface area contributed by atoms with Gasteiger partial charge in [-0.1, -0.05) is 90.0 Å². The maximum atomic E-state index is 14.6. The van der Waals surface area contributed by atoms with Gasteiger partial charge in [-0.15, -0.1) is 0 Å². The summed E-state index contributed by atoms with van der Waals surface area (Å²) >= 11 is 6.26. The normalized spacial score (nSPS) is 21.9. The predicted octanol–water partition coefficient (Wildman–Crippen LogP) is 7.10. The molecular weight excluding hydrogens is 525 g/mol. The highest BCUT2D eigenvalue weighted by Gasteiger charge is 2.71. The van der Waals surface area contributed by atoms with E-state index in [1.807, 2.05) is 24.0 Å². The van der Waals surface area contributed by atoms with Gasteiger partial charge in [0.15, 0.2) is 17.3 Å². The molecule has 196 valence electrons. The third-order valence-corrected chi connectivity index (χ3v) is 8.85. The van der Waals surface area contributed by atoms with Crippen LogP contribution in [0.2, 0.25) is 5.02 Å². The number of halogens is 2. The summed E-state index contributed by atoms with van der Waals surface area (Å²) in [7, 11) is 0. The van der Waals surface area contributed by atoms with Gasteiger partial charge in [-0.25, -0.2) is 4.39 Å². The van der Waals surface area contributed by atoms with Gasteiger partial charge in [0.2, 0.25) is 0 Å². The Morgan fingerprint density at radius 3 is 2.17 bits per heavy atom. The van der Waals surface area contributed by atoms with Gasteiger partial charge in [-0.2, -0.15) is 0 Å². The zero-order chi connectivity index (χ0) is 27.8. The molecule has 1 fully saturated rings. The summed E-state index contributed by atoms with van der Waals surface area (Å²) in [6, 6.07) is 23.8. The maximum Gasteiger partial charge on any atom is 0.185 e. The van der Waals surface area contributed by atoms with Crippen molar-refractivity contribution >= 4 is 40.7 Å². The molecule has 2 heterocycles. The Morgan fingerprint density at radius 1 is 0.875 bits per heavy atom. The number of nitrogens with zero attached hydrogens (tertiary/aromatic N) is 1. The number of Topliss-reactive ketones (excluding diaryl/α,β-unsaturated/α-hetero) is 3. The van der Waals surface area contributed by atoms with E-state index in [0.717, 1.165) is 5.56 Å². The smallest absolute Gasteiger partial charge is 0.185 e. The molecule has 0 saturated carbocycles. The number of fused-ring (bicyclic) bond motifs is 5. The molecule has 0 radical (unpaired) electrons. The molecule has 0 aromatic heterocycles. The van der Waals surface area contributed by atoms with Gasteiger partial charge in [-0.3, -0.25) is 14.4 Å². The SMILES string of the molecule is Cc1ccc(C(=O)[C@@H]2[C@@H](c3ccc(Cl)cc3)C3(C(=O)c4ccccc4C3=O)[C@H]3C=Cc4cc(F)ccc4N23)cc1. The van der Waals surface area contributed by atoms with Crippen molar-refractivity contribution in [2.24, 2.45) is 5.41 Å². The van der Waals surface area contributed by atoms with Crippen molar-refractivity contribution in [2.75, 3.05) is 4.90 Å². The topological polar surface area (TPSA) is 54.5 Å². The molecular formula is C34H23ClFNO3. The standard InChI is InChI=1S/C34H23ClFNO3/c1-19-6-8-21(9-7-19)31(38)30-29(20-10-13-23(35)14-11-20)34(32(39)25-4-2-3-5-26(25)33(34)40)28-17-12-22-18-24(36)15-16-27(22)37(28)30/h2-18,28-30H,1H3/t28-,29-,30+/m1/s1. The fourth-order valence-electron chi connectivity index (χ4n) is 6.88. The molecule has 2 aliphatic heterocycles. The number of aryl methyl sites for hydroxylation is 1. The second-order valence-corrected chi connectivity index (χ2v) is 11.1. The summed E-state index contributed by atoms with van der Waals surface area (Å²) in [5.74, 6) is -2.08. The quantitative estimate of drug-likeness (QED) is 0.203. The van der Waals surface area contributed by atoms with Crippen LogP contribution in [-0.2, 0) is 0 Å². The minimum atomic E-state index is -1.61. The van der Waals surface area contributed by atoms with Gasteiger partial charge in [0, 0.05) is 38.9 Å².